The molecule has 0 fully saturated rings. The van der Waals surface area contributed by atoms with Gasteiger partial charge >= 0.3 is 0 Å². The minimum atomic E-state index is 0.670. The molecule has 0 bridgehead atoms. The topological polar surface area (TPSA) is 22.4 Å². The zero-order valence-electron chi connectivity index (χ0n) is 6.91. The summed E-state index contributed by atoms with van der Waals surface area (Å²) < 4.78 is 10.6. The molecule has 2 heteroatoms. The first-order chi connectivity index (χ1) is 5.92. The van der Waals surface area contributed by atoms with E-state index in [1.54, 1.807) is 6.26 Å². The number of hydrogen-bond donors (Lipinski definition) is 0. The second kappa shape index (κ2) is 2.89. The van der Waals surface area contributed by atoms with Gasteiger partial charge < -0.3 is 9.15 Å². The molecule has 2 aromatic rings. The number of hydrogen-bond acceptors (Lipinski definition) is 2. The normalized spacial score (nSPS) is 10.4. The van der Waals surface area contributed by atoms with Crippen LogP contribution in [-0.4, -0.2) is 6.61 Å². The van der Waals surface area contributed by atoms with Crippen LogP contribution in [0.2, 0.25) is 0 Å². The van der Waals surface area contributed by atoms with E-state index in [4.69, 9.17) is 9.15 Å². The standard InChI is InChI=1S/C10H10O2/c1-2-11-10-7-12-9-6-4-3-5-8(9)10/h3-7H,2H2,1H3. The summed E-state index contributed by atoms with van der Waals surface area (Å²) in [4.78, 5) is 0. The fraction of sp³-hybridized carbons (Fsp3) is 0.200. The van der Waals surface area contributed by atoms with Crippen molar-refractivity contribution in [2.75, 3.05) is 6.61 Å². The Morgan fingerprint density at radius 3 is 3.00 bits per heavy atom. The third-order valence-electron chi connectivity index (χ3n) is 1.75. The predicted molar refractivity (Wildman–Crippen MR) is 47.4 cm³/mol. The van der Waals surface area contributed by atoms with Crippen LogP contribution >= 0.6 is 0 Å². The Morgan fingerprint density at radius 2 is 2.17 bits per heavy atom. The molecule has 0 spiro atoms. The van der Waals surface area contributed by atoms with Gasteiger partial charge in [-0.15, -0.1) is 0 Å². The zero-order valence-corrected chi connectivity index (χ0v) is 6.91. The molecule has 12 heavy (non-hydrogen) atoms. The van der Waals surface area contributed by atoms with Gasteiger partial charge in [-0.1, -0.05) is 12.1 Å². The predicted octanol–water partition coefficient (Wildman–Crippen LogP) is 2.83. The summed E-state index contributed by atoms with van der Waals surface area (Å²) in [5.74, 6) is 0.827. The van der Waals surface area contributed by atoms with E-state index in [1.807, 2.05) is 31.2 Å². The second-order valence-corrected chi connectivity index (χ2v) is 2.53. The Morgan fingerprint density at radius 1 is 1.33 bits per heavy atom. The lowest BCUT2D eigenvalue weighted by molar-refractivity contribution is 0.338. The van der Waals surface area contributed by atoms with E-state index in [2.05, 4.69) is 0 Å². The van der Waals surface area contributed by atoms with Crippen LogP contribution in [0.4, 0.5) is 0 Å². The van der Waals surface area contributed by atoms with Gasteiger partial charge in [0.2, 0.25) is 0 Å². The summed E-state index contributed by atoms with van der Waals surface area (Å²) >= 11 is 0. The Kier molecular flexibility index (Phi) is 1.74. The van der Waals surface area contributed by atoms with Gasteiger partial charge in [0, 0.05) is 0 Å². The summed E-state index contributed by atoms with van der Waals surface area (Å²) in [5, 5.41) is 1.04. The van der Waals surface area contributed by atoms with Crippen molar-refractivity contribution < 1.29 is 9.15 Å². The van der Waals surface area contributed by atoms with Gasteiger partial charge in [-0.2, -0.15) is 0 Å². The second-order valence-electron chi connectivity index (χ2n) is 2.53. The van der Waals surface area contributed by atoms with Gasteiger partial charge in [-0.05, 0) is 19.1 Å². The molecular weight excluding hydrogens is 152 g/mol. The first-order valence-electron chi connectivity index (χ1n) is 4.01. The van der Waals surface area contributed by atoms with Crippen LogP contribution in [-0.2, 0) is 0 Å². The number of rotatable bonds is 2. The lowest BCUT2D eigenvalue weighted by Crippen LogP contribution is -1.88. The molecule has 1 aromatic heterocycles. The fourth-order valence-electron chi connectivity index (χ4n) is 1.22. The SMILES string of the molecule is CCOc1coc2ccccc12. The van der Waals surface area contributed by atoms with Crippen LogP contribution in [0.5, 0.6) is 5.75 Å². The molecule has 2 rings (SSSR count). The van der Waals surface area contributed by atoms with Crippen LogP contribution in [0, 0.1) is 0 Å². The van der Waals surface area contributed by atoms with Gasteiger partial charge in [-0.3, -0.25) is 0 Å². The molecule has 0 atom stereocenters. The van der Waals surface area contributed by atoms with Gasteiger partial charge in [0.25, 0.3) is 0 Å². The first kappa shape index (κ1) is 7.22. The highest BCUT2D eigenvalue weighted by atomic mass is 16.5. The summed E-state index contributed by atoms with van der Waals surface area (Å²) in [7, 11) is 0. The molecular formula is C10H10O2. The maximum Gasteiger partial charge on any atom is 0.165 e. The van der Waals surface area contributed by atoms with Crippen molar-refractivity contribution in [2.45, 2.75) is 6.92 Å². The summed E-state index contributed by atoms with van der Waals surface area (Å²) in [6.07, 6.45) is 1.65. The number of para-hydroxylation sites is 1. The third-order valence-corrected chi connectivity index (χ3v) is 1.75. The van der Waals surface area contributed by atoms with E-state index >= 15 is 0 Å². The molecule has 2 nitrogen and oxygen atoms in total. The number of ether oxygens (including phenoxy) is 1. The molecule has 0 aliphatic heterocycles. The average molecular weight is 162 g/mol. The number of benzene rings is 1. The van der Waals surface area contributed by atoms with Crippen molar-refractivity contribution in [3.63, 3.8) is 0 Å². The Hall–Kier alpha value is -1.44. The summed E-state index contributed by atoms with van der Waals surface area (Å²) in [6, 6.07) is 7.84. The van der Waals surface area contributed by atoms with Crippen LogP contribution in [0.1, 0.15) is 6.92 Å². The van der Waals surface area contributed by atoms with Gasteiger partial charge in [0.1, 0.15) is 11.8 Å². The molecule has 0 radical (unpaired) electrons. The monoisotopic (exact) mass is 162 g/mol. The van der Waals surface area contributed by atoms with Crippen LogP contribution in [0.3, 0.4) is 0 Å². The van der Waals surface area contributed by atoms with Crippen LogP contribution in [0.15, 0.2) is 34.9 Å². The fourth-order valence-corrected chi connectivity index (χ4v) is 1.22. The molecule has 0 unspecified atom stereocenters. The molecule has 1 aromatic carbocycles. The quantitative estimate of drug-likeness (QED) is 0.677. The van der Waals surface area contributed by atoms with Crippen molar-refractivity contribution in [1.82, 2.24) is 0 Å². The largest absolute Gasteiger partial charge is 0.490 e. The molecule has 0 aliphatic carbocycles. The summed E-state index contributed by atoms with van der Waals surface area (Å²) in [5.41, 5.74) is 0.876. The Bertz CT molecular complexity index is 376. The summed E-state index contributed by atoms with van der Waals surface area (Å²) in [6.45, 7) is 2.63. The van der Waals surface area contributed by atoms with E-state index in [0.29, 0.717) is 6.61 Å². The third kappa shape index (κ3) is 1.05. The Labute approximate surface area is 70.8 Å². The first-order valence-corrected chi connectivity index (χ1v) is 4.01. The highest BCUT2D eigenvalue weighted by Gasteiger charge is 2.03. The maximum atomic E-state index is 5.37. The average Bonchev–Trinajstić information content (AvgIpc) is 2.50. The van der Waals surface area contributed by atoms with Crippen molar-refractivity contribution >= 4 is 11.0 Å². The molecule has 0 saturated heterocycles. The highest BCUT2D eigenvalue weighted by Crippen LogP contribution is 2.27. The molecule has 0 saturated carbocycles. The molecule has 0 amide bonds. The molecule has 1 heterocycles. The van der Waals surface area contributed by atoms with Crippen molar-refractivity contribution in [2.24, 2.45) is 0 Å². The van der Waals surface area contributed by atoms with Crippen molar-refractivity contribution in [1.29, 1.82) is 0 Å². The van der Waals surface area contributed by atoms with E-state index in [9.17, 15) is 0 Å². The van der Waals surface area contributed by atoms with E-state index in [1.165, 1.54) is 0 Å². The van der Waals surface area contributed by atoms with Gasteiger partial charge in [0.15, 0.2) is 5.75 Å². The van der Waals surface area contributed by atoms with E-state index in [-0.39, 0.29) is 0 Å². The lowest BCUT2D eigenvalue weighted by Gasteiger charge is -1.96. The maximum absolute atomic E-state index is 5.37. The number of furan rings is 1. The van der Waals surface area contributed by atoms with E-state index in [0.717, 1.165) is 16.7 Å². The van der Waals surface area contributed by atoms with Crippen LogP contribution in [0.25, 0.3) is 11.0 Å². The highest BCUT2D eigenvalue weighted by molar-refractivity contribution is 5.83. The van der Waals surface area contributed by atoms with Crippen molar-refractivity contribution in [3.05, 3.63) is 30.5 Å². The molecule has 0 aliphatic rings. The van der Waals surface area contributed by atoms with Gasteiger partial charge in [-0.25, -0.2) is 0 Å². The van der Waals surface area contributed by atoms with E-state index < -0.39 is 0 Å². The molecule has 0 N–H and O–H groups in total. The van der Waals surface area contributed by atoms with Crippen LogP contribution < -0.4 is 4.74 Å². The Balaban J connectivity index is 2.55. The smallest absolute Gasteiger partial charge is 0.165 e. The zero-order chi connectivity index (χ0) is 8.39. The minimum absolute atomic E-state index is 0.670. The van der Waals surface area contributed by atoms with Crippen molar-refractivity contribution in [3.8, 4) is 5.75 Å². The van der Waals surface area contributed by atoms with Gasteiger partial charge in [0.05, 0.1) is 12.0 Å². The lowest BCUT2D eigenvalue weighted by atomic mass is 10.2. The molecule has 62 valence electrons. The number of fused-ring (bicyclic) bond motifs is 1. The minimum Gasteiger partial charge on any atom is -0.490 e.